The maximum absolute atomic E-state index is 10.9. The number of nitro groups is 1. The van der Waals surface area contributed by atoms with Gasteiger partial charge in [0.25, 0.3) is 0 Å². The molecule has 1 aromatic carbocycles. The molecule has 4 nitrogen and oxygen atoms in total. The van der Waals surface area contributed by atoms with Crippen LogP contribution in [-0.2, 0) is 0 Å². The van der Waals surface area contributed by atoms with Crippen LogP contribution in [0.2, 0.25) is 5.02 Å². The molecular formula is C14H21ClN2O2. The van der Waals surface area contributed by atoms with Crippen molar-refractivity contribution in [2.75, 3.05) is 11.9 Å². The largest absolute Gasteiger partial charge is 0.379 e. The van der Waals surface area contributed by atoms with Crippen molar-refractivity contribution < 1.29 is 4.92 Å². The first-order valence-electron chi connectivity index (χ1n) is 6.83. The lowest BCUT2D eigenvalue weighted by Gasteiger charge is -2.07. The average molecular weight is 285 g/mol. The van der Waals surface area contributed by atoms with Crippen molar-refractivity contribution in [1.82, 2.24) is 0 Å². The summed E-state index contributed by atoms with van der Waals surface area (Å²) in [5, 5.41) is 14.2. The van der Waals surface area contributed by atoms with Gasteiger partial charge in [0.05, 0.1) is 4.92 Å². The third-order valence-electron chi connectivity index (χ3n) is 3.02. The van der Waals surface area contributed by atoms with Crippen LogP contribution in [0.15, 0.2) is 18.2 Å². The zero-order valence-electron chi connectivity index (χ0n) is 11.3. The van der Waals surface area contributed by atoms with Crippen LogP contribution in [-0.4, -0.2) is 11.5 Å². The highest BCUT2D eigenvalue weighted by atomic mass is 35.5. The highest BCUT2D eigenvalue weighted by Crippen LogP contribution is 2.32. The number of nitro benzene ring substituents is 1. The van der Waals surface area contributed by atoms with Gasteiger partial charge in [0.1, 0.15) is 10.7 Å². The van der Waals surface area contributed by atoms with Gasteiger partial charge < -0.3 is 5.32 Å². The number of nitrogens with one attached hydrogen (secondary N) is 1. The van der Waals surface area contributed by atoms with Crippen LogP contribution in [0.25, 0.3) is 0 Å². The molecule has 0 bridgehead atoms. The maximum atomic E-state index is 10.9. The predicted octanol–water partition coefficient (Wildman–Crippen LogP) is 5.02. The van der Waals surface area contributed by atoms with E-state index < -0.39 is 4.92 Å². The summed E-state index contributed by atoms with van der Waals surface area (Å²) in [5.41, 5.74) is 0.473. The summed E-state index contributed by atoms with van der Waals surface area (Å²) in [6, 6.07) is 4.95. The lowest BCUT2D eigenvalue weighted by atomic mass is 10.1. The van der Waals surface area contributed by atoms with Crippen molar-refractivity contribution in [3.63, 3.8) is 0 Å². The van der Waals surface area contributed by atoms with Gasteiger partial charge in [-0.25, -0.2) is 0 Å². The SMILES string of the molecule is CCCCCCCCNc1cccc(Cl)c1[N+](=O)[O-]. The molecule has 0 fully saturated rings. The molecule has 0 aliphatic carbocycles. The van der Waals surface area contributed by atoms with Gasteiger partial charge in [0.15, 0.2) is 0 Å². The van der Waals surface area contributed by atoms with Crippen LogP contribution in [0.1, 0.15) is 45.4 Å². The van der Waals surface area contributed by atoms with E-state index in [0.717, 1.165) is 19.4 Å². The second kappa shape index (κ2) is 8.75. The number of hydrogen-bond donors (Lipinski definition) is 1. The molecule has 0 atom stereocenters. The maximum Gasteiger partial charge on any atom is 0.310 e. The molecule has 0 aromatic heterocycles. The normalized spacial score (nSPS) is 10.4. The Morgan fingerprint density at radius 2 is 1.89 bits per heavy atom. The number of hydrogen-bond acceptors (Lipinski definition) is 3. The molecule has 106 valence electrons. The van der Waals surface area contributed by atoms with Crippen LogP contribution in [0.5, 0.6) is 0 Å². The molecule has 19 heavy (non-hydrogen) atoms. The van der Waals surface area contributed by atoms with Crippen molar-refractivity contribution in [2.24, 2.45) is 0 Å². The fourth-order valence-electron chi connectivity index (χ4n) is 1.97. The second-order valence-corrected chi connectivity index (χ2v) is 4.99. The van der Waals surface area contributed by atoms with Crippen molar-refractivity contribution in [3.8, 4) is 0 Å². The van der Waals surface area contributed by atoms with Gasteiger partial charge >= 0.3 is 5.69 Å². The highest BCUT2D eigenvalue weighted by Gasteiger charge is 2.17. The number of anilines is 1. The van der Waals surface area contributed by atoms with E-state index in [-0.39, 0.29) is 10.7 Å². The third kappa shape index (κ3) is 5.47. The molecule has 1 aromatic rings. The van der Waals surface area contributed by atoms with Gasteiger partial charge in [0.2, 0.25) is 0 Å². The Labute approximate surface area is 119 Å². The van der Waals surface area contributed by atoms with E-state index in [9.17, 15) is 10.1 Å². The number of benzene rings is 1. The molecule has 1 rings (SSSR count). The zero-order chi connectivity index (χ0) is 14.1. The summed E-state index contributed by atoms with van der Waals surface area (Å²) in [5.74, 6) is 0. The molecule has 0 unspecified atom stereocenters. The third-order valence-corrected chi connectivity index (χ3v) is 3.32. The Morgan fingerprint density at radius 1 is 1.21 bits per heavy atom. The van der Waals surface area contributed by atoms with Gasteiger partial charge in [-0.2, -0.15) is 0 Å². The summed E-state index contributed by atoms with van der Waals surface area (Å²) in [4.78, 5) is 10.5. The van der Waals surface area contributed by atoms with Gasteiger partial charge in [-0.1, -0.05) is 56.7 Å². The van der Waals surface area contributed by atoms with Gasteiger partial charge in [-0.15, -0.1) is 0 Å². The summed E-state index contributed by atoms with van der Waals surface area (Å²) in [6.07, 6.45) is 7.20. The van der Waals surface area contributed by atoms with E-state index in [0.29, 0.717) is 5.69 Å². The summed E-state index contributed by atoms with van der Waals surface area (Å²) < 4.78 is 0. The molecule has 0 amide bonds. The minimum absolute atomic E-state index is 0.0323. The smallest absolute Gasteiger partial charge is 0.310 e. The van der Waals surface area contributed by atoms with Gasteiger partial charge in [0, 0.05) is 6.54 Å². The molecule has 5 heteroatoms. The molecule has 0 saturated carbocycles. The first-order chi connectivity index (χ1) is 9.16. The van der Waals surface area contributed by atoms with E-state index in [2.05, 4.69) is 12.2 Å². The second-order valence-electron chi connectivity index (χ2n) is 4.59. The number of rotatable bonds is 9. The Morgan fingerprint density at radius 3 is 2.58 bits per heavy atom. The molecule has 0 heterocycles. The molecule has 0 aliphatic heterocycles. The highest BCUT2D eigenvalue weighted by molar-refractivity contribution is 6.33. The molecular weight excluding hydrogens is 264 g/mol. The topological polar surface area (TPSA) is 55.2 Å². The van der Waals surface area contributed by atoms with Crippen LogP contribution in [0.4, 0.5) is 11.4 Å². The Balaban J connectivity index is 2.37. The van der Waals surface area contributed by atoms with Crippen molar-refractivity contribution in [1.29, 1.82) is 0 Å². The van der Waals surface area contributed by atoms with E-state index >= 15 is 0 Å². The van der Waals surface area contributed by atoms with Crippen molar-refractivity contribution in [2.45, 2.75) is 45.4 Å². The molecule has 0 radical (unpaired) electrons. The van der Waals surface area contributed by atoms with E-state index in [1.165, 1.54) is 31.7 Å². The summed E-state index contributed by atoms with van der Waals surface area (Å²) in [7, 11) is 0. The first kappa shape index (κ1) is 15.8. The summed E-state index contributed by atoms with van der Waals surface area (Å²) >= 11 is 5.84. The quantitative estimate of drug-likeness (QED) is 0.393. The zero-order valence-corrected chi connectivity index (χ0v) is 12.1. The average Bonchev–Trinajstić information content (AvgIpc) is 2.37. The predicted molar refractivity (Wildman–Crippen MR) is 80.0 cm³/mol. The van der Waals surface area contributed by atoms with E-state index in [1.807, 2.05) is 0 Å². The number of para-hydroxylation sites is 1. The Kier molecular flexibility index (Phi) is 7.26. The van der Waals surface area contributed by atoms with Gasteiger partial charge in [-0.3, -0.25) is 10.1 Å². The molecule has 0 spiro atoms. The first-order valence-corrected chi connectivity index (χ1v) is 7.21. The van der Waals surface area contributed by atoms with Crippen LogP contribution < -0.4 is 5.32 Å². The van der Waals surface area contributed by atoms with Crippen LogP contribution >= 0.6 is 11.6 Å². The van der Waals surface area contributed by atoms with Gasteiger partial charge in [-0.05, 0) is 18.6 Å². The Bertz CT molecular complexity index is 410. The summed E-state index contributed by atoms with van der Waals surface area (Å²) in [6.45, 7) is 2.94. The monoisotopic (exact) mass is 284 g/mol. The van der Waals surface area contributed by atoms with Crippen LogP contribution in [0.3, 0.4) is 0 Å². The minimum atomic E-state index is -0.439. The minimum Gasteiger partial charge on any atom is -0.379 e. The molecule has 0 saturated heterocycles. The van der Waals surface area contributed by atoms with E-state index in [4.69, 9.17) is 11.6 Å². The fourth-order valence-corrected chi connectivity index (χ4v) is 2.22. The molecule has 1 N–H and O–H groups in total. The van der Waals surface area contributed by atoms with Crippen molar-refractivity contribution >= 4 is 23.0 Å². The number of unbranched alkanes of at least 4 members (excludes halogenated alkanes) is 5. The Hall–Kier alpha value is -1.29. The standard InChI is InChI=1S/C14H21ClN2O2/c1-2-3-4-5-6-7-11-16-13-10-8-9-12(15)14(13)17(18)19/h8-10,16H,2-7,11H2,1H3. The fraction of sp³-hybridized carbons (Fsp3) is 0.571. The lowest BCUT2D eigenvalue weighted by molar-refractivity contribution is -0.383. The number of halogens is 1. The van der Waals surface area contributed by atoms with E-state index in [1.54, 1.807) is 12.1 Å². The number of nitrogens with zero attached hydrogens (tertiary/aromatic N) is 1. The van der Waals surface area contributed by atoms with Crippen molar-refractivity contribution in [3.05, 3.63) is 33.3 Å². The molecule has 0 aliphatic rings. The van der Waals surface area contributed by atoms with Crippen LogP contribution in [0, 0.1) is 10.1 Å². The lowest BCUT2D eigenvalue weighted by Crippen LogP contribution is -2.04.